The van der Waals surface area contributed by atoms with Gasteiger partial charge in [0.15, 0.2) is 0 Å². The molecule has 1 aromatic carbocycles. The van der Waals surface area contributed by atoms with Crippen LogP contribution in [0.25, 0.3) is 5.69 Å². The van der Waals surface area contributed by atoms with Crippen LogP contribution in [0.2, 0.25) is 0 Å². The summed E-state index contributed by atoms with van der Waals surface area (Å²) < 4.78 is 3.68. The van der Waals surface area contributed by atoms with Gasteiger partial charge in [0.05, 0.1) is 16.9 Å². The zero-order valence-electron chi connectivity index (χ0n) is 15.6. The molecule has 6 nitrogen and oxygen atoms in total. The zero-order valence-corrected chi connectivity index (χ0v) is 15.6. The molecular formula is C20H25N5O. The first kappa shape index (κ1) is 16.8. The lowest BCUT2D eigenvalue weighted by Crippen LogP contribution is -2.25. The van der Waals surface area contributed by atoms with E-state index < -0.39 is 0 Å². The van der Waals surface area contributed by atoms with Crippen LogP contribution in [0.3, 0.4) is 0 Å². The van der Waals surface area contributed by atoms with Gasteiger partial charge in [-0.3, -0.25) is 19.5 Å². The van der Waals surface area contributed by atoms with Crippen LogP contribution < -0.4 is 5.56 Å². The molecule has 3 aromatic rings. The monoisotopic (exact) mass is 351 g/mol. The largest absolute Gasteiger partial charge is 0.296 e. The molecular weight excluding hydrogens is 326 g/mol. The van der Waals surface area contributed by atoms with Crippen LogP contribution >= 0.6 is 0 Å². The predicted molar refractivity (Wildman–Crippen MR) is 102 cm³/mol. The van der Waals surface area contributed by atoms with Gasteiger partial charge in [-0.05, 0) is 50.9 Å². The van der Waals surface area contributed by atoms with Crippen LogP contribution in [-0.2, 0) is 33.0 Å². The third-order valence-corrected chi connectivity index (χ3v) is 5.41. The Morgan fingerprint density at radius 3 is 2.73 bits per heavy atom. The summed E-state index contributed by atoms with van der Waals surface area (Å²) in [6, 6.07) is 9.78. The second-order valence-corrected chi connectivity index (χ2v) is 7.19. The molecule has 0 atom stereocenters. The maximum Gasteiger partial charge on any atom is 0.276 e. The van der Waals surface area contributed by atoms with E-state index in [-0.39, 0.29) is 5.56 Å². The Morgan fingerprint density at radius 1 is 1.19 bits per heavy atom. The summed E-state index contributed by atoms with van der Waals surface area (Å²) in [6.07, 6.45) is 3.42. The van der Waals surface area contributed by atoms with E-state index in [1.54, 1.807) is 4.68 Å². The first-order valence-electron chi connectivity index (χ1n) is 9.12. The highest BCUT2D eigenvalue weighted by atomic mass is 16.1. The van der Waals surface area contributed by atoms with Gasteiger partial charge in [0.1, 0.15) is 0 Å². The molecule has 4 rings (SSSR count). The first-order chi connectivity index (χ1) is 12.6. The molecule has 136 valence electrons. The fraction of sp³-hybridized carbons (Fsp3) is 0.400. The van der Waals surface area contributed by atoms with Crippen LogP contribution in [0.1, 0.15) is 34.6 Å². The molecule has 0 unspecified atom stereocenters. The van der Waals surface area contributed by atoms with Crippen molar-refractivity contribution in [2.45, 2.75) is 39.3 Å². The molecule has 1 N–H and O–H groups in total. The molecule has 1 aliphatic carbocycles. The molecule has 2 heterocycles. The maximum absolute atomic E-state index is 13.0. The molecule has 0 amide bonds. The van der Waals surface area contributed by atoms with E-state index in [0.717, 1.165) is 42.0 Å². The Labute approximate surface area is 153 Å². The third kappa shape index (κ3) is 2.80. The molecule has 26 heavy (non-hydrogen) atoms. The molecule has 0 radical (unpaired) electrons. The lowest BCUT2D eigenvalue weighted by Gasteiger charge is -2.15. The van der Waals surface area contributed by atoms with Crippen molar-refractivity contribution >= 4 is 0 Å². The first-order valence-corrected chi connectivity index (χ1v) is 9.12. The lowest BCUT2D eigenvalue weighted by molar-refractivity contribution is 0.312. The summed E-state index contributed by atoms with van der Waals surface area (Å²) in [6.45, 7) is 3.38. The minimum Gasteiger partial charge on any atom is -0.296 e. The van der Waals surface area contributed by atoms with Gasteiger partial charge in [-0.1, -0.05) is 18.2 Å². The summed E-state index contributed by atoms with van der Waals surface area (Å²) in [5.41, 5.74) is 6.57. The molecule has 0 spiro atoms. The smallest absolute Gasteiger partial charge is 0.276 e. The van der Waals surface area contributed by atoms with Crippen LogP contribution in [0.15, 0.2) is 35.1 Å². The van der Waals surface area contributed by atoms with E-state index in [1.807, 2.05) is 49.0 Å². The number of benzene rings is 1. The number of nitrogens with one attached hydrogen (secondary N) is 1. The normalized spacial score (nSPS) is 13.5. The quantitative estimate of drug-likeness (QED) is 0.767. The van der Waals surface area contributed by atoms with Crippen molar-refractivity contribution in [1.29, 1.82) is 0 Å². The zero-order chi connectivity index (χ0) is 18.3. The second kappa shape index (κ2) is 6.61. The molecule has 1 aliphatic rings. The molecule has 0 aliphatic heterocycles. The molecule has 0 saturated carbocycles. The average Bonchev–Trinajstić information content (AvgIpc) is 3.29. The Morgan fingerprint density at radius 2 is 1.96 bits per heavy atom. The molecule has 6 heteroatoms. The van der Waals surface area contributed by atoms with Gasteiger partial charge in [-0.15, -0.1) is 0 Å². The van der Waals surface area contributed by atoms with Gasteiger partial charge in [0, 0.05) is 31.5 Å². The number of H-pyrrole nitrogens is 1. The van der Waals surface area contributed by atoms with Crippen molar-refractivity contribution in [3.63, 3.8) is 0 Å². The van der Waals surface area contributed by atoms with Crippen molar-refractivity contribution in [2.24, 2.45) is 7.05 Å². The highest BCUT2D eigenvalue weighted by Gasteiger charge is 2.21. The Balaban J connectivity index is 1.59. The summed E-state index contributed by atoms with van der Waals surface area (Å²) in [5.74, 6) is 0. The predicted octanol–water partition coefficient (Wildman–Crippen LogP) is 2.33. The Kier molecular flexibility index (Phi) is 4.28. The number of nitrogens with zero attached hydrogens (tertiary/aromatic N) is 4. The van der Waals surface area contributed by atoms with E-state index >= 15 is 0 Å². The SMILES string of the molecule is Cc1c(CN(C)Cc2n[nH]c3c2CCC3)c(=O)n(-c2ccccc2)n1C. The van der Waals surface area contributed by atoms with Crippen LogP contribution in [-0.4, -0.2) is 31.5 Å². The third-order valence-electron chi connectivity index (χ3n) is 5.41. The molecule has 0 fully saturated rings. The summed E-state index contributed by atoms with van der Waals surface area (Å²) in [5, 5.41) is 7.65. The van der Waals surface area contributed by atoms with Gasteiger partial charge in [-0.25, -0.2) is 4.68 Å². The van der Waals surface area contributed by atoms with Crippen LogP contribution in [0.5, 0.6) is 0 Å². The number of rotatable bonds is 5. The van der Waals surface area contributed by atoms with E-state index in [1.165, 1.54) is 17.7 Å². The van der Waals surface area contributed by atoms with Gasteiger partial charge < -0.3 is 0 Å². The lowest BCUT2D eigenvalue weighted by atomic mass is 10.2. The van der Waals surface area contributed by atoms with Crippen molar-refractivity contribution in [1.82, 2.24) is 24.5 Å². The van der Waals surface area contributed by atoms with Gasteiger partial charge in [-0.2, -0.15) is 5.10 Å². The van der Waals surface area contributed by atoms with Gasteiger partial charge in [0.2, 0.25) is 0 Å². The molecule has 0 bridgehead atoms. The molecule has 0 saturated heterocycles. The molecule has 2 aromatic heterocycles. The van der Waals surface area contributed by atoms with E-state index in [4.69, 9.17) is 0 Å². The second-order valence-electron chi connectivity index (χ2n) is 7.19. The summed E-state index contributed by atoms with van der Waals surface area (Å²) in [4.78, 5) is 15.2. The number of aryl methyl sites for hydroxylation is 1. The van der Waals surface area contributed by atoms with Crippen molar-refractivity contribution in [3.8, 4) is 5.69 Å². The Hall–Kier alpha value is -2.60. The fourth-order valence-corrected chi connectivity index (χ4v) is 3.91. The van der Waals surface area contributed by atoms with Crippen LogP contribution in [0, 0.1) is 6.92 Å². The van der Waals surface area contributed by atoms with E-state index in [2.05, 4.69) is 22.1 Å². The fourth-order valence-electron chi connectivity index (χ4n) is 3.91. The van der Waals surface area contributed by atoms with Crippen molar-refractivity contribution in [2.75, 3.05) is 7.05 Å². The number of para-hydroxylation sites is 1. The van der Waals surface area contributed by atoms with Gasteiger partial charge in [0.25, 0.3) is 5.56 Å². The highest BCUT2D eigenvalue weighted by Crippen LogP contribution is 2.23. The number of aromatic amines is 1. The van der Waals surface area contributed by atoms with Crippen LogP contribution in [0.4, 0.5) is 0 Å². The summed E-state index contributed by atoms with van der Waals surface area (Å²) in [7, 11) is 3.99. The topological polar surface area (TPSA) is 58.9 Å². The number of hydrogen-bond donors (Lipinski definition) is 1. The van der Waals surface area contributed by atoms with Gasteiger partial charge >= 0.3 is 0 Å². The minimum atomic E-state index is 0.0512. The van der Waals surface area contributed by atoms with E-state index in [0.29, 0.717) is 6.54 Å². The standard InChI is InChI=1S/C20H25N5O/c1-14-17(20(26)25(24(14)3)15-8-5-4-6-9-15)12-23(2)13-19-16-10-7-11-18(16)21-22-19/h4-6,8-9H,7,10-13H2,1-3H3,(H,21,22). The number of hydrogen-bond acceptors (Lipinski definition) is 3. The number of aromatic nitrogens is 4. The highest BCUT2D eigenvalue weighted by molar-refractivity contribution is 5.33. The van der Waals surface area contributed by atoms with Crippen molar-refractivity contribution < 1.29 is 0 Å². The summed E-state index contributed by atoms with van der Waals surface area (Å²) >= 11 is 0. The van der Waals surface area contributed by atoms with Crippen molar-refractivity contribution in [3.05, 3.63) is 68.9 Å². The average molecular weight is 351 g/mol. The van der Waals surface area contributed by atoms with E-state index in [9.17, 15) is 4.79 Å². The maximum atomic E-state index is 13.0. The Bertz CT molecular complexity index is 980. The number of fused-ring (bicyclic) bond motifs is 1. The minimum absolute atomic E-state index is 0.0512.